The lowest BCUT2D eigenvalue weighted by molar-refractivity contribution is -0.236. The van der Waals surface area contributed by atoms with Gasteiger partial charge in [-0.1, -0.05) is 12.1 Å². The molecule has 92 valence electrons. The molecule has 2 heterocycles. The van der Waals surface area contributed by atoms with Crippen molar-refractivity contribution < 1.29 is 14.2 Å². The van der Waals surface area contributed by atoms with Crippen molar-refractivity contribution in [2.24, 2.45) is 0 Å². The van der Waals surface area contributed by atoms with Crippen molar-refractivity contribution in [3.63, 3.8) is 0 Å². The van der Waals surface area contributed by atoms with Crippen LogP contribution in [0.4, 0.5) is 4.39 Å². The second-order valence-electron chi connectivity index (χ2n) is 4.71. The predicted octanol–water partition coefficient (Wildman–Crippen LogP) is 1.30. The Hall–Kier alpha value is -0.970. The zero-order valence-corrected chi connectivity index (χ0v) is 9.58. The molecule has 0 amide bonds. The standard InChI is InChI=1S/C13H16FNO2/c14-11-4-1-3-10-9(11)6-8-17-13(10,16)12-5-2-7-15-12/h1,3-4,12,15-16H,2,5-8H2/t12-,13+/m0/s1. The van der Waals surface area contributed by atoms with Gasteiger partial charge < -0.3 is 15.2 Å². The first kappa shape index (κ1) is 11.1. The summed E-state index contributed by atoms with van der Waals surface area (Å²) in [6, 6.07) is 4.69. The van der Waals surface area contributed by atoms with E-state index in [1.165, 1.54) is 6.07 Å². The molecule has 4 heteroatoms. The summed E-state index contributed by atoms with van der Waals surface area (Å²) in [6.07, 6.45) is 2.39. The topological polar surface area (TPSA) is 41.5 Å². The van der Waals surface area contributed by atoms with E-state index in [0.717, 1.165) is 19.4 Å². The van der Waals surface area contributed by atoms with Gasteiger partial charge in [0.05, 0.1) is 12.6 Å². The van der Waals surface area contributed by atoms with Crippen LogP contribution in [-0.4, -0.2) is 24.3 Å². The Kier molecular flexibility index (Phi) is 2.65. The Morgan fingerprint density at radius 2 is 2.35 bits per heavy atom. The summed E-state index contributed by atoms with van der Waals surface area (Å²) in [7, 11) is 0. The van der Waals surface area contributed by atoms with E-state index in [0.29, 0.717) is 24.2 Å². The first-order chi connectivity index (χ1) is 8.22. The number of rotatable bonds is 1. The minimum Gasteiger partial charge on any atom is -0.361 e. The third-order valence-corrected chi connectivity index (χ3v) is 3.71. The summed E-state index contributed by atoms with van der Waals surface area (Å²) < 4.78 is 19.3. The van der Waals surface area contributed by atoms with Gasteiger partial charge in [-0.25, -0.2) is 4.39 Å². The Balaban J connectivity index is 2.06. The van der Waals surface area contributed by atoms with Crippen molar-refractivity contribution in [3.05, 3.63) is 35.1 Å². The highest BCUT2D eigenvalue weighted by atomic mass is 19.1. The number of aliphatic hydroxyl groups is 1. The molecule has 0 unspecified atom stereocenters. The van der Waals surface area contributed by atoms with E-state index in [1.807, 2.05) is 0 Å². The number of fused-ring (bicyclic) bond motifs is 1. The smallest absolute Gasteiger partial charge is 0.208 e. The number of nitrogens with one attached hydrogen (secondary N) is 1. The van der Waals surface area contributed by atoms with Crippen LogP contribution in [-0.2, 0) is 16.9 Å². The summed E-state index contributed by atoms with van der Waals surface area (Å²) in [5.74, 6) is -1.62. The molecule has 2 aliphatic rings. The molecule has 1 fully saturated rings. The highest BCUT2D eigenvalue weighted by Gasteiger charge is 2.44. The van der Waals surface area contributed by atoms with E-state index in [1.54, 1.807) is 12.1 Å². The van der Waals surface area contributed by atoms with Gasteiger partial charge in [0.2, 0.25) is 5.79 Å². The van der Waals surface area contributed by atoms with E-state index < -0.39 is 5.79 Å². The molecule has 0 aromatic heterocycles. The maximum absolute atomic E-state index is 13.7. The molecule has 3 rings (SSSR count). The van der Waals surface area contributed by atoms with Crippen LogP contribution in [0.2, 0.25) is 0 Å². The van der Waals surface area contributed by atoms with E-state index in [-0.39, 0.29) is 11.9 Å². The minimum atomic E-state index is -1.37. The summed E-state index contributed by atoms with van der Waals surface area (Å²) in [4.78, 5) is 0. The molecule has 3 nitrogen and oxygen atoms in total. The lowest BCUT2D eigenvalue weighted by atomic mass is 9.89. The van der Waals surface area contributed by atoms with Crippen molar-refractivity contribution in [2.45, 2.75) is 31.1 Å². The molecule has 0 bridgehead atoms. The highest BCUT2D eigenvalue weighted by molar-refractivity contribution is 5.35. The van der Waals surface area contributed by atoms with Crippen molar-refractivity contribution in [2.75, 3.05) is 13.2 Å². The van der Waals surface area contributed by atoms with Crippen LogP contribution in [0.5, 0.6) is 0 Å². The number of halogens is 1. The monoisotopic (exact) mass is 237 g/mol. The van der Waals surface area contributed by atoms with Crippen LogP contribution in [0.1, 0.15) is 24.0 Å². The van der Waals surface area contributed by atoms with Crippen LogP contribution in [0.15, 0.2) is 18.2 Å². The maximum atomic E-state index is 13.7. The van der Waals surface area contributed by atoms with E-state index in [4.69, 9.17) is 4.74 Å². The van der Waals surface area contributed by atoms with Gasteiger partial charge in [0.1, 0.15) is 5.82 Å². The van der Waals surface area contributed by atoms with Gasteiger partial charge in [-0.3, -0.25) is 0 Å². The normalized spacial score (nSPS) is 32.5. The molecule has 2 aliphatic heterocycles. The van der Waals surface area contributed by atoms with E-state index in [2.05, 4.69) is 5.32 Å². The number of hydrogen-bond donors (Lipinski definition) is 2. The Morgan fingerprint density at radius 1 is 1.47 bits per heavy atom. The van der Waals surface area contributed by atoms with Crippen LogP contribution in [0, 0.1) is 5.82 Å². The highest BCUT2D eigenvalue weighted by Crippen LogP contribution is 2.37. The fourth-order valence-electron chi connectivity index (χ4n) is 2.84. The Morgan fingerprint density at radius 3 is 3.12 bits per heavy atom. The molecule has 2 N–H and O–H groups in total. The molecule has 0 spiro atoms. The van der Waals surface area contributed by atoms with Crippen LogP contribution >= 0.6 is 0 Å². The van der Waals surface area contributed by atoms with Gasteiger partial charge in [0.15, 0.2) is 0 Å². The predicted molar refractivity (Wildman–Crippen MR) is 61.0 cm³/mol. The second-order valence-corrected chi connectivity index (χ2v) is 4.71. The third kappa shape index (κ3) is 1.68. The maximum Gasteiger partial charge on any atom is 0.208 e. The summed E-state index contributed by atoms with van der Waals surface area (Å²) >= 11 is 0. The second kappa shape index (κ2) is 4.05. The fourth-order valence-corrected chi connectivity index (χ4v) is 2.84. The molecule has 1 aromatic carbocycles. The molecular formula is C13H16FNO2. The average molecular weight is 237 g/mol. The first-order valence-corrected chi connectivity index (χ1v) is 6.09. The largest absolute Gasteiger partial charge is 0.361 e. The number of hydrogen-bond acceptors (Lipinski definition) is 3. The molecule has 0 aliphatic carbocycles. The lowest BCUT2D eigenvalue weighted by Crippen LogP contribution is -2.50. The van der Waals surface area contributed by atoms with E-state index >= 15 is 0 Å². The molecule has 0 radical (unpaired) electrons. The zero-order chi connectivity index (χ0) is 11.9. The Bertz CT molecular complexity index is 431. The summed E-state index contributed by atoms with van der Waals surface area (Å²) in [5, 5.41) is 13.9. The van der Waals surface area contributed by atoms with Crippen molar-refractivity contribution >= 4 is 0 Å². The number of ether oxygens (including phenoxy) is 1. The fraction of sp³-hybridized carbons (Fsp3) is 0.538. The molecule has 0 saturated carbocycles. The lowest BCUT2D eigenvalue weighted by Gasteiger charge is -2.38. The zero-order valence-electron chi connectivity index (χ0n) is 9.58. The van der Waals surface area contributed by atoms with Crippen molar-refractivity contribution in [1.29, 1.82) is 0 Å². The molecule has 2 atom stereocenters. The molecule has 1 aromatic rings. The van der Waals surface area contributed by atoms with Crippen molar-refractivity contribution in [1.82, 2.24) is 5.32 Å². The average Bonchev–Trinajstić information content (AvgIpc) is 2.85. The van der Waals surface area contributed by atoms with Crippen LogP contribution in [0.3, 0.4) is 0 Å². The molecule has 17 heavy (non-hydrogen) atoms. The summed E-state index contributed by atoms with van der Waals surface area (Å²) in [6.45, 7) is 1.24. The first-order valence-electron chi connectivity index (χ1n) is 6.09. The van der Waals surface area contributed by atoms with Gasteiger partial charge in [-0.05, 0) is 37.4 Å². The van der Waals surface area contributed by atoms with Gasteiger partial charge >= 0.3 is 0 Å². The quantitative estimate of drug-likeness (QED) is 0.773. The van der Waals surface area contributed by atoms with Crippen LogP contribution < -0.4 is 5.32 Å². The van der Waals surface area contributed by atoms with Gasteiger partial charge in [-0.2, -0.15) is 0 Å². The summed E-state index contributed by atoms with van der Waals surface area (Å²) in [5.41, 5.74) is 1.18. The Labute approximate surface area is 99.6 Å². The minimum absolute atomic E-state index is 0.136. The van der Waals surface area contributed by atoms with Gasteiger partial charge in [-0.15, -0.1) is 0 Å². The van der Waals surface area contributed by atoms with Crippen molar-refractivity contribution in [3.8, 4) is 0 Å². The van der Waals surface area contributed by atoms with E-state index in [9.17, 15) is 9.50 Å². The molecule has 1 saturated heterocycles. The van der Waals surface area contributed by atoms with Gasteiger partial charge in [0.25, 0.3) is 0 Å². The third-order valence-electron chi connectivity index (χ3n) is 3.71. The van der Waals surface area contributed by atoms with Crippen LogP contribution in [0.25, 0.3) is 0 Å². The SMILES string of the molecule is O[C@@]1([C@@H]2CCCN2)OCCc2c(F)cccc21. The van der Waals surface area contributed by atoms with Gasteiger partial charge in [0, 0.05) is 5.56 Å². The number of benzene rings is 1. The molecular weight excluding hydrogens is 221 g/mol.